The van der Waals surface area contributed by atoms with Crippen LogP contribution in [0.4, 0.5) is 0 Å². The molecule has 3 aromatic rings. The lowest BCUT2D eigenvalue weighted by Gasteiger charge is -2.29. The number of pyridine rings is 1. The summed E-state index contributed by atoms with van der Waals surface area (Å²) in [6, 6.07) is 9.09. The Bertz CT molecular complexity index is 1460. The van der Waals surface area contributed by atoms with Gasteiger partial charge >= 0.3 is 5.97 Å². The number of hydrogen-bond acceptors (Lipinski definition) is 5. The van der Waals surface area contributed by atoms with Gasteiger partial charge in [-0.1, -0.05) is 42.5 Å². The molecule has 1 unspecified atom stereocenters. The molecule has 0 aliphatic heterocycles. The number of carbonyl (C=O) groups is 1. The molecule has 170 valence electrons. The number of rotatable bonds is 5. The van der Waals surface area contributed by atoms with E-state index in [1.54, 1.807) is 43.5 Å². The Morgan fingerprint density at radius 1 is 1.27 bits per heavy atom. The lowest BCUT2D eigenvalue weighted by molar-refractivity contribution is 0.0599. The Morgan fingerprint density at radius 2 is 2.03 bits per heavy atom. The summed E-state index contributed by atoms with van der Waals surface area (Å²) in [6.45, 7) is 9.28. The minimum absolute atomic E-state index is 0.365. The second kappa shape index (κ2) is 8.15. The topological polar surface area (TPSA) is 78.3 Å². The Labute approximate surface area is 194 Å². The third kappa shape index (κ3) is 3.62. The number of fused-ring (bicyclic) bond motifs is 1. The molecule has 33 heavy (non-hydrogen) atoms. The van der Waals surface area contributed by atoms with Gasteiger partial charge in [0.25, 0.3) is 0 Å². The van der Waals surface area contributed by atoms with Crippen molar-refractivity contribution < 1.29 is 17.9 Å². The summed E-state index contributed by atoms with van der Waals surface area (Å²) in [4.78, 5) is 16.8. The van der Waals surface area contributed by atoms with E-state index in [2.05, 4.69) is 11.6 Å². The molecule has 0 bridgehead atoms. The molecule has 1 atom stereocenters. The Kier molecular flexibility index (Phi) is 5.62. The van der Waals surface area contributed by atoms with Gasteiger partial charge in [0.05, 0.1) is 29.6 Å². The fraction of sp³-hybridized carbons (Fsp3) is 0.231. The first-order valence-electron chi connectivity index (χ1n) is 10.6. The fourth-order valence-corrected chi connectivity index (χ4v) is 6.16. The average Bonchev–Trinajstić information content (AvgIpc) is 3.22. The molecule has 0 amide bonds. The van der Waals surface area contributed by atoms with Crippen LogP contribution < -0.4 is 0 Å². The van der Waals surface area contributed by atoms with Crippen molar-refractivity contribution in [2.45, 2.75) is 31.9 Å². The van der Waals surface area contributed by atoms with Crippen LogP contribution in [0.2, 0.25) is 0 Å². The second-order valence-corrected chi connectivity index (χ2v) is 10.8. The lowest BCUT2D eigenvalue weighted by Crippen LogP contribution is -2.38. The Hall–Kier alpha value is -3.45. The summed E-state index contributed by atoms with van der Waals surface area (Å²) >= 11 is 0. The van der Waals surface area contributed by atoms with Gasteiger partial charge in [0.1, 0.15) is 4.75 Å². The average molecular weight is 463 g/mol. The normalized spacial score (nSPS) is 18.2. The summed E-state index contributed by atoms with van der Waals surface area (Å²) in [6.07, 6.45) is 9.04. The molecule has 2 heterocycles. The predicted molar refractivity (Wildman–Crippen MR) is 132 cm³/mol. The molecule has 0 spiro atoms. The number of nitrogens with zero attached hydrogens (tertiary/aromatic N) is 2. The number of benzene rings is 1. The fourth-order valence-electron chi connectivity index (χ4n) is 4.42. The zero-order chi connectivity index (χ0) is 24.0. The zero-order valence-electron chi connectivity index (χ0n) is 19.1. The summed E-state index contributed by atoms with van der Waals surface area (Å²) in [7, 11) is -2.40. The van der Waals surface area contributed by atoms with Crippen molar-refractivity contribution in [1.82, 2.24) is 8.96 Å². The number of esters is 1. The SMILES string of the molecule is C=Cc1nc(-c2cccc3c2ccn3S(=O)(=O)C2(C)C=CC=C(C)C2)cc(C)c1C(=O)OC. The molecule has 0 fully saturated rings. The maximum atomic E-state index is 13.7. The summed E-state index contributed by atoms with van der Waals surface area (Å²) in [5.74, 6) is -0.477. The molecule has 0 radical (unpaired) electrons. The summed E-state index contributed by atoms with van der Waals surface area (Å²) in [5.41, 5.74) is 4.47. The first-order valence-corrected chi connectivity index (χ1v) is 12.0. The van der Waals surface area contributed by atoms with Gasteiger partial charge < -0.3 is 4.74 Å². The van der Waals surface area contributed by atoms with Gasteiger partial charge in [-0.25, -0.2) is 22.2 Å². The largest absolute Gasteiger partial charge is 0.465 e. The molecule has 1 aliphatic rings. The number of methoxy groups -OCH3 is 1. The highest BCUT2D eigenvalue weighted by molar-refractivity contribution is 7.91. The second-order valence-electron chi connectivity index (χ2n) is 8.50. The van der Waals surface area contributed by atoms with Crippen LogP contribution in [-0.4, -0.2) is 35.2 Å². The number of allylic oxidation sites excluding steroid dienone is 3. The molecular weight excluding hydrogens is 436 g/mol. The van der Waals surface area contributed by atoms with Crippen molar-refractivity contribution in [3.05, 3.63) is 83.7 Å². The van der Waals surface area contributed by atoms with Crippen LogP contribution in [0.5, 0.6) is 0 Å². The van der Waals surface area contributed by atoms with Gasteiger partial charge in [-0.3, -0.25) is 0 Å². The van der Waals surface area contributed by atoms with Crippen molar-refractivity contribution in [3.8, 4) is 11.3 Å². The highest BCUT2D eigenvalue weighted by atomic mass is 32.2. The number of carbonyl (C=O) groups excluding carboxylic acids is 1. The van der Waals surface area contributed by atoms with Gasteiger partial charge in [0.15, 0.2) is 0 Å². The highest BCUT2D eigenvalue weighted by Gasteiger charge is 2.40. The maximum Gasteiger partial charge on any atom is 0.340 e. The Morgan fingerprint density at radius 3 is 2.70 bits per heavy atom. The van der Waals surface area contributed by atoms with Crippen molar-refractivity contribution in [2.24, 2.45) is 0 Å². The van der Waals surface area contributed by atoms with Crippen LogP contribution in [0.25, 0.3) is 28.2 Å². The first-order chi connectivity index (χ1) is 15.6. The number of aromatic nitrogens is 2. The quantitative estimate of drug-likeness (QED) is 0.482. The third-order valence-electron chi connectivity index (χ3n) is 6.11. The number of ether oxygens (including phenoxy) is 1. The van der Waals surface area contributed by atoms with Gasteiger partial charge in [-0.2, -0.15) is 0 Å². The zero-order valence-corrected chi connectivity index (χ0v) is 19.9. The molecule has 0 saturated heterocycles. The van der Waals surface area contributed by atoms with Crippen molar-refractivity contribution >= 4 is 33.0 Å². The van der Waals surface area contributed by atoms with Gasteiger partial charge in [0.2, 0.25) is 10.0 Å². The van der Waals surface area contributed by atoms with Crippen molar-refractivity contribution in [3.63, 3.8) is 0 Å². The standard InChI is InChI=1S/C26H26N2O4S/c1-6-21-24(25(29)32-5)18(3)15-22(27-21)19-10-7-11-23-20(19)12-14-28(23)33(30,31)26(4)13-8-9-17(2)16-26/h6-15H,1,16H2,2-5H3. The van der Waals surface area contributed by atoms with E-state index in [-0.39, 0.29) is 0 Å². The molecule has 2 aromatic heterocycles. The molecule has 1 aliphatic carbocycles. The smallest absolute Gasteiger partial charge is 0.340 e. The predicted octanol–water partition coefficient (Wildman–Crippen LogP) is 5.28. The van der Waals surface area contributed by atoms with E-state index in [1.807, 2.05) is 32.1 Å². The van der Waals surface area contributed by atoms with Crippen LogP contribution in [0, 0.1) is 6.92 Å². The van der Waals surface area contributed by atoms with E-state index in [1.165, 1.54) is 17.2 Å². The van der Waals surface area contributed by atoms with E-state index in [9.17, 15) is 13.2 Å². The summed E-state index contributed by atoms with van der Waals surface area (Å²) in [5, 5.41) is 0.754. The van der Waals surface area contributed by atoms with Crippen LogP contribution >= 0.6 is 0 Å². The molecule has 7 heteroatoms. The van der Waals surface area contributed by atoms with E-state index in [0.29, 0.717) is 34.5 Å². The van der Waals surface area contributed by atoms with E-state index in [0.717, 1.165) is 16.5 Å². The first kappa shape index (κ1) is 22.7. The summed E-state index contributed by atoms with van der Waals surface area (Å²) < 4.78 is 32.6. The van der Waals surface area contributed by atoms with Crippen LogP contribution in [0.3, 0.4) is 0 Å². The van der Waals surface area contributed by atoms with Crippen LogP contribution in [-0.2, 0) is 14.8 Å². The van der Waals surface area contributed by atoms with Gasteiger partial charge in [-0.05, 0) is 57.0 Å². The van der Waals surface area contributed by atoms with E-state index < -0.39 is 20.7 Å². The van der Waals surface area contributed by atoms with E-state index in [4.69, 9.17) is 4.74 Å². The third-order valence-corrected chi connectivity index (χ3v) is 8.40. The van der Waals surface area contributed by atoms with Crippen molar-refractivity contribution in [1.29, 1.82) is 0 Å². The molecule has 1 aromatic carbocycles. The molecular formula is C26H26N2O4S. The maximum absolute atomic E-state index is 13.7. The van der Waals surface area contributed by atoms with Gasteiger partial charge in [0, 0.05) is 17.1 Å². The van der Waals surface area contributed by atoms with Crippen LogP contribution in [0.15, 0.2) is 66.9 Å². The molecule has 4 rings (SSSR count). The molecule has 0 saturated carbocycles. The van der Waals surface area contributed by atoms with Crippen LogP contribution in [0.1, 0.15) is 41.9 Å². The number of hydrogen-bond donors (Lipinski definition) is 0. The minimum Gasteiger partial charge on any atom is -0.465 e. The lowest BCUT2D eigenvalue weighted by atomic mass is 9.96. The minimum atomic E-state index is -3.73. The highest BCUT2D eigenvalue weighted by Crippen LogP contribution is 2.36. The number of aryl methyl sites for hydroxylation is 1. The monoisotopic (exact) mass is 462 g/mol. The molecule has 6 nitrogen and oxygen atoms in total. The van der Waals surface area contributed by atoms with Crippen molar-refractivity contribution in [2.75, 3.05) is 7.11 Å². The molecule has 0 N–H and O–H groups in total. The Balaban J connectivity index is 1.89. The van der Waals surface area contributed by atoms with E-state index >= 15 is 0 Å². The van der Waals surface area contributed by atoms with Gasteiger partial charge in [-0.15, -0.1) is 0 Å².